The summed E-state index contributed by atoms with van der Waals surface area (Å²) in [5.74, 6) is 0.305. The standard InChI is InChI=1S/C10H18F3NO2/c1-7(2)3-9(16)5-14(6-9)4-8(15)10(11,12)13/h7-8,15-16H,3-6H2,1-2H3. The minimum Gasteiger partial charge on any atom is -0.387 e. The van der Waals surface area contributed by atoms with Gasteiger partial charge in [-0.05, 0) is 12.3 Å². The van der Waals surface area contributed by atoms with Crippen LogP contribution in [0.4, 0.5) is 13.2 Å². The highest BCUT2D eigenvalue weighted by Crippen LogP contribution is 2.29. The molecule has 0 saturated carbocycles. The third-order valence-electron chi connectivity index (χ3n) is 2.63. The van der Waals surface area contributed by atoms with Gasteiger partial charge in [0.1, 0.15) is 0 Å². The topological polar surface area (TPSA) is 43.7 Å². The number of nitrogens with zero attached hydrogens (tertiary/aromatic N) is 1. The predicted octanol–water partition coefficient (Wildman–Crippen LogP) is 1.00. The van der Waals surface area contributed by atoms with Crippen molar-refractivity contribution in [3.63, 3.8) is 0 Å². The predicted molar refractivity (Wildman–Crippen MR) is 52.9 cm³/mol. The molecule has 1 atom stereocenters. The van der Waals surface area contributed by atoms with Crippen LogP contribution in [-0.2, 0) is 0 Å². The maximum Gasteiger partial charge on any atom is 0.415 e. The zero-order chi connectivity index (χ0) is 12.6. The van der Waals surface area contributed by atoms with Gasteiger partial charge in [-0.25, -0.2) is 0 Å². The van der Waals surface area contributed by atoms with E-state index in [1.165, 1.54) is 4.90 Å². The molecule has 0 spiro atoms. The Morgan fingerprint density at radius 1 is 1.31 bits per heavy atom. The fourth-order valence-electron chi connectivity index (χ4n) is 2.15. The molecule has 1 rings (SSSR count). The van der Waals surface area contributed by atoms with E-state index in [4.69, 9.17) is 5.11 Å². The van der Waals surface area contributed by atoms with E-state index in [-0.39, 0.29) is 13.1 Å². The van der Waals surface area contributed by atoms with Crippen LogP contribution in [0.15, 0.2) is 0 Å². The van der Waals surface area contributed by atoms with E-state index >= 15 is 0 Å². The minimum atomic E-state index is -4.58. The Bertz CT molecular complexity index is 237. The van der Waals surface area contributed by atoms with Crippen molar-refractivity contribution in [1.82, 2.24) is 4.90 Å². The molecule has 0 aromatic rings. The summed E-state index contributed by atoms with van der Waals surface area (Å²) in [7, 11) is 0. The molecule has 0 amide bonds. The second kappa shape index (κ2) is 4.50. The number of hydrogen-bond donors (Lipinski definition) is 2. The molecular formula is C10H18F3NO2. The molecule has 3 nitrogen and oxygen atoms in total. The van der Waals surface area contributed by atoms with Gasteiger partial charge in [-0.3, -0.25) is 4.90 Å². The SMILES string of the molecule is CC(C)CC1(O)CN(CC(O)C(F)(F)F)C1. The fourth-order valence-corrected chi connectivity index (χ4v) is 2.15. The third-order valence-corrected chi connectivity index (χ3v) is 2.63. The first-order valence-electron chi connectivity index (χ1n) is 5.32. The normalized spacial score (nSPS) is 23.2. The molecule has 1 saturated heterocycles. The Labute approximate surface area is 92.9 Å². The molecule has 1 aliphatic rings. The average Bonchev–Trinajstić information content (AvgIpc) is 1.97. The van der Waals surface area contributed by atoms with Gasteiger partial charge in [0.2, 0.25) is 0 Å². The lowest BCUT2D eigenvalue weighted by Crippen LogP contribution is -2.64. The Hall–Kier alpha value is -0.330. The summed E-state index contributed by atoms with van der Waals surface area (Å²) in [6.07, 6.45) is -6.33. The lowest BCUT2D eigenvalue weighted by molar-refractivity contribution is -0.219. The maximum atomic E-state index is 12.0. The van der Waals surface area contributed by atoms with Crippen molar-refractivity contribution < 1.29 is 23.4 Å². The summed E-state index contributed by atoms with van der Waals surface area (Å²) in [5.41, 5.74) is -0.876. The van der Waals surface area contributed by atoms with Crippen LogP contribution in [0.25, 0.3) is 0 Å². The van der Waals surface area contributed by atoms with Gasteiger partial charge in [0.15, 0.2) is 6.10 Å². The number of alkyl halides is 3. The van der Waals surface area contributed by atoms with Gasteiger partial charge in [-0.1, -0.05) is 13.8 Å². The number of rotatable bonds is 4. The average molecular weight is 241 g/mol. The van der Waals surface area contributed by atoms with E-state index < -0.39 is 24.4 Å². The van der Waals surface area contributed by atoms with Gasteiger partial charge in [0, 0.05) is 19.6 Å². The Kier molecular flexibility index (Phi) is 3.87. The lowest BCUT2D eigenvalue weighted by Gasteiger charge is -2.48. The number of aliphatic hydroxyl groups excluding tert-OH is 1. The van der Waals surface area contributed by atoms with Crippen molar-refractivity contribution in [1.29, 1.82) is 0 Å². The largest absolute Gasteiger partial charge is 0.415 e. The molecule has 2 N–H and O–H groups in total. The first-order chi connectivity index (χ1) is 7.12. The number of halogens is 3. The molecule has 0 aromatic carbocycles. The van der Waals surface area contributed by atoms with Crippen molar-refractivity contribution in [3.05, 3.63) is 0 Å². The third kappa shape index (κ3) is 3.61. The van der Waals surface area contributed by atoms with E-state index in [1.54, 1.807) is 0 Å². The molecule has 0 bridgehead atoms. The molecule has 16 heavy (non-hydrogen) atoms. The number of aliphatic hydroxyl groups is 2. The summed E-state index contributed by atoms with van der Waals surface area (Å²) in [6.45, 7) is 3.86. The quantitative estimate of drug-likeness (QED) is 0.771. The molecule has 1 aliphatic heterocycles. The summed E-state index contributed by atoms with van der Waals surface area (Å²) < 4.78 is 36.1. The molecule has 6 heteroatoms. The van der Waals surface area contributed by atoms with Crippen LogP contribution in [0.5, 0.6) is 0 Å². The van der Waals surface area contributed by atoms with Crippen molar-refractivity contribution in [2.75, 3.05) is 19.6 Å². The Morgan fingerprint density at radius 2 is 1.81 bits per heavy atom. The molecule has 1 fully saturated rings. The van der Waals surface area contributed by atoms with Crippen molar-refractivity contribution in [2.45, 2.75) is 38.1 Å². The van der Waals surface area contributed by atoms with E-state index in [0.29, 0.717) is 12.3 Å². The van der Waals surface area contributed by atoms with Crippen LogP contribution in [0, 0.1) is 5.92 Å². The maximum absolute atomic E-state index is 12.0. The number of likely N-dealkylation sites (tertiary alicyclic amines) is 1. The second-order valence-corrected chi connectivity index (χ2v) is 5.05. The summed E-state index contributed by atoms with van der Waals surface area (Å²) in [4.78, 5) is 1.42. The van der Waals surface area contributed by atoms with Crippen LogP contribution in [0.1, 0.15) is 20.3 Å². The van der Waals surface area contributed by atoms with Crippen LogP contribution in [0.3, 0.4) is 0 Å². The van der Waals surface area contributed by atoms with Gasteiger partial charge in [-0.15, -0.1) is 0 Å². The van der Waals surface area contributed by atoms with Crippen LogP contribution in [-0.4, -0.2) is 52.6 Å². The highest BCUT2D eigenvalue weighted by Gasteiger charge is 2.46. The molecule has 1 unspecified atom stereocenters. The Morgan fingerprint density at radius 3 is 2.19 bits per heavy atom. The monoisotopic (exact) mass is 241 g/mol. The lowest BCUT2D eigenvalue weighted by atomic mass is 9.85. The molecule has 1 heterocycles. The van der Waals surface area contributed by atoms with Gasteiger partial charge in [0.05, 0.1) is 5.60 Å². The summed E-state index contributed by atoms with van der Waals surface area (Å²) in [6, 6.07) is 0. The van der Waals surface area contributed by atoms with E-state index in [0.717, 1.165) is 0 Å². The smallest absolute Gasteiger partial charge is 0.387 e. The molecule has 96 valence electrons. The second-order valence-electron chi connectivity index (χ2n) is 5.05. The Balaban J connectivity index is 2.31. The first kappa shape index (κ1) is 13.7. The molecule has 0 aromatic heterocycles. The summed E-state index contributed by atoms with van der Waals surface area (Å²) in [5, 5.41) is 18.7. The van der Waals surface area contributed by atoms with Gasteiger partial charge in [0.25, 0.3) is 0 Å². The van der Waals surface area contributed by atoms with E-state index in [2.05, 4.69) is 0 Å². The van der Waals surface area contributed by atoms with Gasteiger partial charge in [-0.2, -0.15) is 13.2 Å². The van der Waals surface area contributed by atoms with Crippen molar-refractivity contribution in [3.8, 4) is 0 Å². The fraction of sp³-hybridized carbons (Fsp3) is 1.00. The highest BCUT2D eigenvalue weighted by molar-refractivity contribution is 4.96. The van der Waals surface area contributed by atoms with Gasteiger partial charge < -0.3 is 10.2 Å². The molecule has 0 radical (unpaired) electrons. The first-order valence-corrected chi connectivity index (χ1v) is 5.32. The van der Waals surface area contributed by atoms with E-state index in [1.807, 2.05) is 13.8 Å². The van der Waals surface area contributed by atoms with Gasteiger partial charge >= 0.3 is 6.18 Å². The van der Waals surface area contributed by atoms with E-state index in [9.17, 15) is 18.3 Å². The molecular weight excluding hydrogens is 223 g/mol. The number of β-amino-alcohol motifs (C(OH)–C–C–N with tert-alkyl or cyclic N) is 2. The summed E-state index contributed by atoms with van der Waals surface area (Å²) >= 11 is 0. The zero-order valence-corrected chi connectivity index (χ0v) is 9.46. The minimum absolute atomic E-state index is 0.207. The van der Waals surface area contributed by atoms with Crippen molar-refractivity contribution >= 4 is 0 Å². The van der Waals surface area contributed by atoms with Crippen LogP contribution in [0.2, 0.25) is 0 Å². The van der Waals surface area contributed by atoms with Crippen molar-refractivity contribution in [2.24, 2.45) is 5.92 Å². The van der Waals surface area contributed by atoms with Crippen LogP contribution < -0.4 is 0 Å². The highest BCUT2D eigenvalue weighted by atomic mass is 19.4. The van der Waals surface area contributed by atoms with Crippen LogP contribution >= 0.6 is 0 Å². The number of hydrogen-bond acceptors (Lipinski definition) is 3. The zero-order valence-electron chi connectivity index (χ0n) is 9.46. The molecule has 0 aliphatic carbocycles.